The highest BCUT2D eigenvalue weighted by Crippen LogP contribution is 2.32. The van der Waals surface area contributed by atoms with Crippen LogP contribution in [0.25, 0.3) is 0 Å². The summed E-state index contributed by atoms with van der Waals surface area (Å²) in [5.41, 5.74) is 2.12. The van der Waals surface area contributed by atoms with Crippen LogP contribution < -0.4 is 19.1 Å². The van der Waals surface area contributed by atoms with Gasteiger partial charge in [-0.2, -0.15) is 0 Å². The molecule has 144 valence electrons. The maximum Gasteiger partial charge on any atom is 0.241 e. The molecule has 2 aliphatic rings. The maximum absolute atomic E-state index is 12.8. The molecule has 0 aromatic heterocycles. The Morgan fingerprint density at radius 3 is 2.33 bits per heavy atom. The Kier molecular flexibility index (Phi) is 4.97. The second-order valence-electron chi connectivity index (χ2n) is 6.93. The molecule has 2 heterocycles. The summed E-state index contributed by atoms with van der Waals surface area (Å²) in [5.74, 6) is 1.04. The molecule has 4 rings (SSSR count). The number of ether oxygens (including phenoxy) is 2. The van der Waals surface area contributed by atoms with Gasteiger partial charge in [0.05, 0.1) is 4.90 Å². The Morgan fingerprint density at radius 1 is 0.963 bits per heavy atom. The number of rotatable bonds is 5. The van der Waals surface area contributed by atoms with Crippen LogP contribution in [0.15, 0.2) is 47.4 Å². The average Bonchev–Trinajstić information content (AvgIpc) is 3.22. The molecule has 1 atom stereocenters. The van der Waals surface area contributed by atoms with Crippen molar-refractivity contribution in [1.29, 1.82) is 0 Å². The molecule has 0 amide bonds. The van der Waals surface area contributed by atoms with Crippen LogP contribution in [0.2, 0.25) is 0 Å². The van der Waals surface area contributed by atoms with Crippen molar-refractivity contribution in [3.63, 3.8) is 0 Å². The first-order valence-electron chi connectivity index (χ1n) is 9.30. The monoisotopic (exact) mass is 388 g/mol. The summed E-state index contributed by atoms with van der Waals surface area (Å²) in [4.78, 5) is 2.53. The third-order valence-corrected chi connectivity index (χ3v) is 6.56. The van der Waals surface area contributed by atoms with Gasteiger partial charge in [-0.15, -0.1) is 0 Å². The first-order chi connectivity index (χ1) is 13.0. The zero-order chi connectivity index (χ0) is 18.9. The minimum Gasteiger partial charge on any atom is -0.486 e. The van der Waals surface area contributed by atoms with Crippen molar-refractivity contribution in [2.24, 2.45) is 0 Å². The highest BCUT2D eigenvalue weighted by Gasteiger charge is 2.22. The van der Waals surface area contributed by atoms with Crippen LogP contribution in [-0.2, 0) is 10.0 Å². The summed E-state index contributed by atoms with van der Waals surface area (Å²) in [6.07, 6.45) is 2.46. The lowest BCUT2D eigenvalue weighted by atomic mass is 10.1. The van der Waals surface area contributed by atoms with Gasteiger partial charge in [0, 0.05) is 30.9 Å². The Bertz CT molecular complexity index is 906. The van der Waals surface area contributed by atoms with Crippen LogP contribution >= 0.6 is 0 Å². The van der Waals surface area contributed by atoms with E-state index in [1.165, 1.54) is 24.6 Å². The van der Waals surface area contributed by atoms with Crippen molar-refractivity contribution in [3.8, 4) is 11.5 Å². The fourth-order valence-electron chi connectivity index (χ4n) is 3.51. The number of hydrogen-bond donors (Lipinski definition) is 1. The quantitative estimate of drug-likeness (QED) is 0.853. The van der Waals surface area contributed by atoms with E-state index in [9.17, 15) is 8.42 Å². The molecular weight excluding hydrogens is 364 g/mol. The van der Waals surface area contributed by atoms with Gasteiger partial charge in [0.1, 0.15) is 13.2 Å². The fourth-order valence-corrected chi connectivity index (χ4v) is 4.76. The second kappa shape index (κ2) is 7.40. The number of fused-ring (bicyclic) bond motifs is 1. The molecule has 0 bridgehead atoms. The standard InChI is InChI=1S/C20H24N2O4S/c1-15(16-4-6-17(7-5-16)22-10-2-3-11-22)21-27(23,24)18-8-9-19-20(14-18)26-13-12-25-19/h4-9,14-15,21H,2-3,10-13H2,1H3/t15-/m0/s1. The largest absolute Gasteiger partial charge is 0.486 e. The third-order valence-electron chi connectivity index (χ3n) is 5.02. The summed E-state index contributed by atoms with van der Waals surface area (Å²) in [7, 11) is -3.66. The maximum atomic E-state index is 12.8. The lowest BCUT2D eigenvalue weighted by Gasteiger charge is -2.21. The number of benzene rings is 2. The molecule has 1 fully saturated rings. The molecule has 2 aromatic rings. The van der Waals surface area contributed by atoms with E-state index < -0.39 is 10.0 Å². The van der Waals surface area contributed by atoms with Crippen LogP contribution in [0.5, 0.6) is 11.5 Å². The Morgan fingerprint density at radius 2 is 1.63 bits per heavy atom. The van der Waals surface area contributed by atoms with E-state index in [0.29, 0.717) is 24.7 Å². The number of anilines is 1. The van der Waals surface area contributed by atoms with E-state index >= 15 is 0 Å². The molecule has 6 nitrogen and oxygen atoms in total. The van der Waals surface area contributed by atoms with Gasteiger partial charge in [0.25, 0.3) is 0 Å². The Balaban J connectivity index is 1.48. The van der Waals surface area contributed by atoms with Gasteiger partial charge in [-0.05, 0) is 49.6 Å². The molecule has 0 spiro atoms. The topological polar surface area (TPSA) is 67.9 Å². The van der Waals surface area contributed by atoms with Gasteiger partial charge < -0.3 is 14.4 Å². The summed E-state index contributed by atoms with van der Waals surface area (Å²) < 4.78 is 39.2. The summed E-state index contributed by atoms with van der Waals surface area (Å²) >= 11 is 0. The first kappa shape index (κ1) is 18.1. The molecular formula is C20H24N2O4S. The van der Waals surface area contributed by atoms with Crippen LogP contribution in [0.1, 0.15) is 31.4 Å². The van der Waals surface area contributed by atoms with E-state index in [2.05, 4.69) is 21.8 Å². The van der Waals surface area contributed by atoms with Crippen LogP contribution in [0.4, 0.5) is 5.69 Å². The number of hydrogen-bond acceptors (Lipinski definition) is 5. The SMILES string of the molecule is C[C@H](NS(=O)(=O)c1ccc2c(c1)OCCO2)c1ccc(N2CCCC2)cc1. The second-order valence-corrected chi connectivity index (χ2v) is 8.65. The Hall–Kier alpha value is -2.25. The predicted molar refractivity (Wildman–Crippen MR) is 104 cm³/mol. The van der Waals surface area contributed by atoms with E-state index in [4.69, 9.17) is 9.47 Å². The van der Waals surface area contributed by atoms with E-state index in [1.54, 1.807) is 12.1 Å². The molecule has 2 aliphatic heterocycles. The predicted octanol–water partition coefficient (Wildman–Crippen LogP) is 3.10. The van der Waals surface area contributed by atoms with Crippen LogP contribution in [-0.4, -0.2) is 34.7 Å². The zero-order valence-electron chi connectivity index (χ0n) is 15.3. The minimum absolute atomic E-state index is 0.173. The van der Waals surface area contributed by atoms with Crippen molar-refractivity contribution < 1.29 is 17.9 Å². The summed E-state index contributed by atoms with van der Waals surface area (Å²) in [6, 6.07) is 12.5. The average molecular weight is 388 g/mol. The Labute approximate surface area is 160 Å². The summed E-state index contributed by atoms with van der Waals surface area (Å²) in [6.45, 7) is 4.92. The zero-order valence-corrected chi connectivity index (χ0v) is 16.2. The fraction of sp³-hybridized carbons (Fsp3) is 0.400. The molecule has 0 radical (unpaired) electrons. The van der Waals surface area contributed by atoms with Crippen molar-refractivity contribution in [2.45, 2.75) is 30.7 Å². The van der Waals surface area contributed by atoms with Gasteiger partial charge >= 0.3 is 0 Å². The molecule has 0 saturated carbocycles. The smallest absolute Gasteiger partial charge is 0.241 e. The van der Waals surface area contributed by atoms with Crippen molar-refractivity contribution >= 4 is 15.7 Å². The lowest BCUT2D eigenvalue weighted by molar-refractivity contribution is 0.171. The van der Waals surface area contributed by atoms with Gasteiger partial charge in [-0.1, -0.05) is 12.1 Å². The van der Waals surface area contributed by atoms with E-state index in [-0.39, 0.29) is 10.9 Å². The highest BCUT2D eigenvalue weighted by molar-refractivity contribution is 7.89. The van der Waals surface area contributed by atoms with E-state index in [1.807, 2.05) is 19.1 Å². The van der Waals surface area contributed by atoms with Crippen LogP contribution in [0.3, 0.4) is 0 Å². The molecule has 7 heteroatoms. The molecule has 1 saturated heterocycles. The van der Waals surface area contributed by atoms with Crippen molar-refractivity contribution in [3.05, 3.63) is 48.0 Å². The van der Waals surface area contributed by atoms with Gasteiger partial charge in [-0.25, -0.2) is 13.1 Å². The molecule has 2 aromatic carbocycles. The number of nitrogens with zero attached hydrogens (tertiary/aromatic N) is 1. The highest BCUT2D eigenvalue weighted by atomic mass is 32.2. The van der Waals surface area contributed by atoms with Gasteiger partial charge in [-0.3, -0.25) is 0 Å². The minimum atomic E-state index is -3.66. The normalized spacial score (nSPS) is 17.7. The number of nitrogens with one attached hydrogen (secondary N) is 1. The number of sulfonamides is 1. The lowest BCUT2D eigenvalue weighted by Crippen LogP contribution is -2.27. The molecule has 27 heavy (non-hydrogen) atoms. The molecule has 1 N–H and O–H groups in total. The van der Waals surface area contributed by atoms with E-state index in [0.717, 1.165) is 18.7 Å². The van der Waals surface area contributed by atoms with Gasteiger partial charge in [0.2, 0.25) is 10.0 Å². The molecule has 0 unspecified atom stereocenters. The van der Waals surface area contributed by atoms with Crippen molar-refractivity contribution in [1.82, 2.24) is 4.72 Å². The van der Waals surface area contributed by atoms with Crippen molar-refractivity contribution in [2.75, 3.05) is 31.2 Å². The summed E-state index contributed by atoms with van der Waals surface area (Å²) in [5, 5.41) is 0. The van der Waals surface area contributed by atoms with Crippen LogP contribution in [0, 0.1) is 0 Å². The molecule has 0 aliphatic carbocycles. The first-order valence-corrected chi connectivity index (χ1v) is 10.8. The third kappa shape index (κ3) is 3.89. The van der Waals surface area contributed by atoms with Gasteiger partial charge in [0.15, 0.2) is 11.5 Å².